The van der Waals surface area contributed by atoms with Crippen LogP contribution in [0, 0.1) is 5.92 Å². The molecule has 0 saturated carbocycles. The summed E-state index contributed by atoms with van der Waals surface area (Å²) >= 11 is 12.0. The Labute approximate surface area is 244 Å². The zero-order valence-corrected chi connectivity index (χ0v) is 24.1. The van der Waals surface area contributed by atoms with Crippen LogP contribution in [-0.2, 0) is 27.9 Å². The van der Waals surface area contributed by atoms with Crippen molar-refractivity contribution < 1.29 is 17.9 Å². The van der Waals surface area contributed by atoms with Gasteiger partial charge in [0, 0.05) is 35.7 Å². The second-order valence-electron chi connectivity index (χ2n) is 9.02. The van der Waals surface area contributed by atoms with E-state index in [1.807, 2.05) is 4.72 Å². The van der Waals surface area contributed by atoms with Crippen LogP contribution in [0.15, 0.2) is 76.6 Å². The van der Waals surface area contributed by atoms with Gasteiger partial charge in [0.2, 0.25) is 15.9 Å². The molecule has 0 aliphatic heterocycles. The number of hydrogen-bond acceptors (Lipinski definition) is 9. The van der Waals surface area contributed by atoms with Crippen molar-refractivity contribution in [1.29, 1.82) is 0 Å². The zero-order valence-electron chi connectivity index (χ0n) is 21.7. The van der Waals surface area contributed by atoms with E-state index in [1.54, 1.807) is 48.5 Å². The van der Waals surface area contributed by atoms with Crippen molar-refractivity contribution in [2.24, 2.45) is 5.92 Å². The Hall–Kier alpha value is -4.20. The molecule has 2 aromatic heterocycles. The maximum absolute atomic E-state index is 13.6. The third kappa shape index (κ3) is 7.93. The summed E-state index contributed by atoms with van der Waals surface area (Å²) in [6, 6.07) is 14.6. The molecule has 15 heteroatoms. The van der Waals surface area contributed by atoms with Crippen molar-refractivity contribution in [3.8, 4) is 11.6 Å². The highest BCUT2D eigenvalue weighted by molar-refractivity contribution is 7.89. The fourth-order valence-corrected chi connectivity index (χ4v) is 4.53. The Bertz CT molecular complexity index is 1790. The lowest BCUT2D eigenvalue weighted by atomic mass is 10.1. The van der Waals surface area contributed by atoms with Gasteiger partial charge in [-0.3, -0.25) is 23.4 Å². The summed E-state index contributed by atoms with van der Waals surface area (Å²) in [5.74, 6) is -1.09. The van der Waals surface area contributed by atoms with Crippen molar-refractivity contribution >= 4 is 50.6 Å². The second kappa shape index (κ2) is 12.5. The number of halogens is 2. The predicted molar refractivity (Wildman–Crippen MR) is 155 cm³/mol. The number of rotatable bonds is 10. The van der Waals surface area contributed by atoms with Gasteiger partial charge in [0.1, 0.15) is 11.6 Å². The number of nitrogens with one attached hydrogen (secondary N) is 2. The van der Waals surface area contributed by atoms with Gasteiger partial charge in [-0.1, -0.05) is 42.3 Å². The zero-order chi connectivity index (χ0) is 29.7. The van der Waals surface area contributed by atoms with Crippen molar-refractivity contribution in [2.45, 2.75) is 20.0 Å². The van der Waals surface area contributed by atoms with E-state index in [1.165, 1.54) is 30.0 Å². The number of anilines is 2. The Kier molecular flexibility index (Phi) is 9.11. The van der Waals surface area contributed by atoms with Gasteiger partial charge in [0.15, 0.2) is 5.15 Å². The smallest absolute Gasteiger partial charge is 0.332 e. The molecule has 4 aromatic rings. The first-order valence-corrected chi connectivity index (χ1v) is 14.7. The fraction of sp³-hybridized carbons (Fsp3) is 0.192. The summed E-state index contributed by atoms with van der Waals surface area (Å²) in [5, 5.41) is 3.69. The quantitative estimate of drug-likeness (QED) is 0.272. The lowest BCUT2D eigenvalue weighted by Gasteiger charge is -2.18. The van der Waals surface area contributed by atoms with E-state index in [-0.39, 0.29) is 29.9 Å². The summed E-state index contributed by atoms with van der Waals surface area (Å²) in [6.07, 6.45) is 3.72. The van der Waals surface area contributed by atoms with Crippen LogP contribution in [0.3, 0.4) is 0 Å². The molecule has 0 bridgehead atoms. The largest absolute Gasteiger partial charge is 0.436 e. The van der Waals surface area contributed by atoms with E-state index in [0.717, 1.165) is 16.4 Å². The van der Waals surface area contributed by atoms with Crippen LogP contribution in [0.2, 0.25) is 10.2 Å². The molecule has 4 rings (SSSR count). The molecule has 0 aliphatic carbocycles. The maximum atomic E-state index is 13.6. The second-order valence-corrected chi connectivity index (χ2v) is 11.6. The molecule has 2 aromatic carbocycles. The lowest BCUT2D eigenvalue weighted by Crippen LogP contribution is -2.44. The van der Waals surface area contributed by atoms with Crippen LogP contribution in [0.25, 0.3) is 0 Å². The van der Waals surface area contributed by atoms with Crippen LogP contribution in [0.5, 0.6) is 11.6 Å². The molecule has 214 valence electrons. The van der Waals surface area contributed by atoms with E-state index in [9.17, 15) is 22.8 Å². The predicted octanol–water partition coefficient (Wildman–Crippen LogP) is 3.40. The number of carbonyl (C=O) groups is 1. The first-order valence-electron chi connectivity index (χ1n) is 12.0. The minimum Gasteiger partial charge on any atom is -0.436 e. The van der Waals surface area contributed by atoms with Gasteiger partial charge < -0.3 is 10.1 Å². The number of aromatic nitrogens is 4. The molecule has 0 fully saturated rings. The summed E-state index contributed by atoms with van der Waals surface area (Å²) in [7, 11) is -3.81. The van der Waals surface area contributed by atoms with Crippen LogP contribution < -0.4 is 26.0 Å². The van der Waals surface area contributed by atoms with E-state index in [4.69, 9.17) is 27.9 Å². The summed E-state index contributed by atoms with van der Waals surface area (Å²) in [5.41, 5.74) is -0.130. The van der Waals surface area contributed by atoms with Gasteiger partial charge in [0.25, 0.3) is 11.4 Å². The van der Waals surface area contributed by atoms with E-state index >= 15 is 0 Å². The summed E-state index contributed by atoms with van der Waals surface area (Å²) in [6.45, 7) is 1.14. The molecule has 1 atom stereocenters. The number of nitrogens with zero attached hydrogens (tertiary/aromatic N) is 4. The molecule has 0 saturated heterocycles. The average Bonchev–Trinajstić information content (AvgIpc) is 2.91. The first-order chi connectivity index (χ1) is 19.4. The van der Waals surface area contributed by atoms with E-state index in [2.05, 4.69) is 15.3 Å². The molecule has 2 N–H and O–H groups in total. The highest BCUT2D eigenvalue weighted by Gasteiger charge is 2.21. The first kappa shape index (κ1) is 29.8. The molecule has 0 spiro atoms. The highest BCUT2D eigenvalue weighted by atomic mass is 35.5. The van der Waals surface area contributed by atoms with E-state index < -0.39 is 33.1 Å². The Morgan fingerprint density at radius 2 is 1.66 bits per heavy atom. The third-order valence-electron chi connectivity index (χ3n) is 5.69. The minimum absolute atomic E-state index is 0.0644. The average molecular weight is 619 g/mol. The van der Waals surface area contributed by atoms with E-state index in [0.29, 0.717) is 16.5 Å². The molecule has 1 amide bonds. The van der Waals surface area contributed by atoms with Gasteiger partial charge in [-0.2, -0.15) is 0 Å². The number of ether oxygens (including phenoxy) is 1. The number of amides is 1. The van der Waals surface area contributed by atoms with Gasteiger partial charge in [-0.25, -0.2) is 23.2 Å². The van der Waals surface area contributed by atoms with Gasteiger partial charge in [-0.15, -0.1) is 0 Å². The van der Waals surface area contributed by atoms with Crippen LogP contribution in [0.4, 0.5) is 11.5 Å². The van der Waals surface area contributed by atoms with Crippen molar-refractivity contribution in [2.75, 3.05) is 11.6 Å². The molecule has 41 heavy (non-hydrogen) atoms. The third-order valence-corrected chi connectivity index (χ3v) is 6.77. The molecular weight excluding hydrogens is 595 g/mol. The van der Waals surface area contributed by atoms with Crippen LogP contribution >= 0.6 is 23.2 Å². The van der Waals surface area contributed by atoms with Gasteiger partial charge >= 0.3 is 5.69 Å². The standard InChI is InChI=1S/C26H24Cl2N6O6S/c1-16(24(36)32-41(2,38)39)14-34-22(35)13-21(33(26(34)37)15-17-3-5-18(27)6-4-17)31-19-7-9-20(10-8-19)40-25-23(28)29-11-12-30-25/h3-13,16,31H,14-15H2,1-2H3,(H,32,36)/t16-/m0/s1. The normalized spacial score (nSPS) is 12.0. The number of sulfonamides is 1. The highest BCUT2D eigenvalue weighted by Crippen LogP contribution is 2.26. The molecule has 0 unspecified atom stereocenters. The number of hydrogen-bond donors (Lipinski definition) is 2. The van der Waals surface area contributed by atoms with Crippen LogP contribution in [0.1, 0.15) is 12.5 Å². The van der Waals surface area contributed by atoms with Crippen molar-refractivity contribution in [3.05, 3.63) is 104 Å². The summed E-state index contributed by atoms with van der Waals surface area (Å²) in [4.78, 5) is 46.8. The van der Waals surface area contributed by atoms with Crippen molar-refractivity contribution in [3.63, 3.8) is 0 Å². The monoisotopic (exact) mass is 618 g/mol. The lowest BCUT2D eigenvalue weighted by molar-refractivity contribution is -0.123. The SMILES string of the molecule is C[C@@H](Cn1c(=O)cc(Nc2ccc(Oc3nccnc3Cl)cc2)n(Cc2ccc(Cl)cc2)c1=O)C(=O)NS(C)(=O)=O. The topological polar surface area (TPSA) is 154 Å². The molecular formula is C26H24Cl2N6O6S. The molecule has 0 radical (unpaired) electrons. The van der Waals surface area contributed by atoms with Crippen molar-refractivity contribution in [1.82, 2.24) is 23.8 Å². The molecule has 2 heterocycles. The Morgan fingerprint density at radius 1 is 1.00 bits per heavy atom. The molecule has 0 aliphatic rings. The van der Waals surface area contributed by atoms with Gasteiger partial charge in [0.05, 0.1) is 18.7 Å². The summed E-state index contributed by atoms with van der Waals surface area (Å²) < 4.78 is 32.6. The number of carbonyl (C=O) groups excluding carboxylic acids is 1. The Balaban J connectivity index is 1.65. The number of benzene rings is 2. The minimum atomic E-state index is -3.81. The Morgan fingerprint density at radius 3 is 2.29 bits per heavy atom. The van der Waals surface area contributed by atoms with Crippen LogP contribution in [-0.4, -0.2) is 39.7 Å². The molecule has 12 nitrogen and oxygen atoms in total. The fourth-order valence-electron chi connectivity index (χ4n) is 3.70. The maximum Gasteiger partial charge on any atom is 0.332 e. The van der Waals surface area contributed by atoms with Gasteiger partial charge in [-0.05, 0) is 42.0 Å².